The molecular weight excluding hydrogens is 268 g/mol. The number of aromatic nitrogens is 2. The van der Waals surface area contributed by atoms with Gasteiger partial charge in [-0.25, -0.2) is 4.98 Å². The molecule has 0 saturated heterocycles. The summed E-state index contributed by atoms with van der Waals surface area (Å²) < 4.78 is 0. The number of nitro benzene ring substituents is 1. The van der Waals surface area contributed by atoms with Gasteiger partial charge < -0.3 is 10.3 Å². The van der Waals surface area contributed by atoms with Crippen LogP contribution < -0.4 is 5.32 Å². The van der Waals surface area contributed by atoms with Crippen LogP contribution in [-0.4, -0.2) is 14.9 Å². The Balaban J connectivity index is 1.77. The fourth-order valence-electron chi connectivity index (χ4n) is 2.17. The summed E-state index contributed by atoms with van der Waals surface area (Å²) in [4.78, 5) is 18.0. The monoisotopic (exact) mass is 282 g/mol. The van der Waals surface area contributed by atoms with E-state index in [4.69, 9.17) is 0 Å². The predicted octanol–water partition coefficient (Wildman–Crippen LogP) is 3.39. The van der Waals surface area contributed by atoms with Gasteiger partial charge >= 0.3 is 0 Å². The first-order chi connectivity index (χ1) is 10.1. The van der Waals surface area contributed by atoms with Crippen molar-refractivity contribution in [1.82, 2.24) is 9.97 Å². The van der Waals surface area contributed by atoms with Crippen LogP contribution in [0.2, 0.25) is 0 Å². The summed E-state index contributed by atoms with van der Waals surface area (Å²) in [5, 5.41) is 13.9. The molecule has 0 spiro atoms. The number of nitro groups is 1. The Hall–Kier alpha value is -2.89. The van der Waals surface area contributed by atoms with Crippen molar-refractivity contribution in [2.24, 2.45) is 0 Å². The highest BCUT2D eigenvalue weighted by molar-refractivity contribution is 5.78. The van der Waals surface area contributed by atoms with Crippen molar-refractivity contribution in [2.45, 2.75) is 13.5 Å². The molecule has 0 saturated carbocycles. The zero-order valence-corrected chi connectivity index (χ0v) is 11.5. The molecule has 0 atom stereocenters. The van der Waals surface area contributed by atoms with Gasteiger partial charge in [0.2, 0.25) is 5.95 Å². The minimum atomic E-state index is -0.395. The number of anilines is 1. The van der Waals surface area contributed by atoms with Gasteiger partial charge in [-0.05, 0) is 30.2 Å². The molecule has 0 bridgehead atoms. The molecule has 0 radical (unpaired) electrons. The lowest BCUT2D eigenvalue weighted by molar-refractivity contribution is -0.384. The van der Waals surface area contributed by atoms with E-state index in [1.807, 2.05) is 31.2 Å². The number of imidazole rings is 1. The van der Waals surface area contributed by atoms with E-state index in [1.165, 1.54) is 6.07 Å². The van der Waals surface area contributed by atoms with Crippen LogP contribution in [0, 0.1) is 17.0 Å². The van der Waals surface area contributed by atoms with Gasteiger partial charge in [0.15, 0.2) is 0 Å². The number of H-pyrrole nitrogens is 1. The van der Waals surface area contributed by atoms with Gasteiger partial charge in [0.25, 0.3) is 5.69 Å². The molecule has 0 unspecified atom stereocenters. The van der Waals surface area contributed by atoms with Crippen LogP contribution in [0.25, 0.3) is 11.0 Å². The first-order valence-electron chi connectivity index (χ1n) is 6.55. The third-order valence-corrected chi connectivity index (χ3v) is 3.22. The highest BCUT2D eigenvalue weighted by Crippen LogP contribution is 2.17. The van der Waals surface area contributed by atoms with Crippen molar-refractivity contribution < 1.29 is 4.92 Å². The molecule has 1 heterocycles. The van der Waals surface area contributed by atoms with Crippen molar-refractivity contribution >= 4 is 22.7 Å². The summed E-state index contributed by atoms with van der Waals surface area (Å²) in [6, 6.07) is 12.5. The standard InChI is InChI=1S/C15H14N4O2/c1-10-5-6-13-14(7-10)18-15(17-13)16-9-11-3-2-4-12(8-11)19(20)21/h2-8H,9H2,1H3,(H2,16,17,18). The molecule has 6 nitrogen and oxygen atoms in total. The highest BCUT2D eigenvalue weighted by Gasteiger charge is 2.06. The maximum Gasteiger partial charge on any atom is 0.269 e. The van der Waals surface area contributed by atoms with Crippen molar-refractivity contribution in [3.63, 3.8) is 0 Å². The van der Waals surface area contributed by atoms with Crippen molar-refractivity contribution in [1.29, 1.82) is 0 Å². The quantitative estimate of drug-likeness (QED) is 0.567. The maximum absolute atomic E-state index is 10.7. The van der Waals surface area contributed by atoms with E-state index >= 15 is 0 Å². The molecule has 3 rings (SSSR count). The largest absolute Gasteiger partial charge is 0.352 e. The van der Waals surface area contributed by atoms with E-state index in [0.717, 1.165) is 22.2 Å². The first kappa shape index (κ1) is 13.1. The fourth-order valence-corrected chi connectivity index (χ4v) is 2.17. The zero-order valence-electron chi connectivity index (χ0n) is 11.5. The molecule has 0 amide bonds. The average Bonchev–Trinajstić information content (AvgIpc) is 2.87. The van der Waals surface area contributed by atoms with Gasteiger partial charge in [0, 0.05) is 18.7 Å². The SMILES string of the molecule is Cc1ccc2nc(NCc3cccc([N+](=O)[O-])c3)[nH]c2c1. The van der Waals surface area contributed by atoms with Crippen LogP contribution in [0.1, 0.15) is 11.1 Å². The normalized spacial score (nSPS) is 10.7. The smallest absolute Gasteiger partial charge is 0.269 e. The first-order valence-corrected chi connectivity index (χ1v) is 6.55. The number of benzene rings is 2. The summed E-state index contributed by atoms with van der Waals surface area (Å²) in [5.74, 6) is 0.655. The Kier molecular flexibility index (Phi) is 3.27. The number of nitrogens with zero attached hydrogens (tertiary/aromatic N) is 2. The van der Waals surface area contributed by atoms with Crippen LogP contribution in [0.4, 0.5) is 11.6 Å². The van der Waals surface area contributed by atoms with E-state index in [1.54, 1.807) is 12.1 Å². The molecule has 21 heavy (non-hydrogen) atoms. The molecule has 0 aliphatic heterocycles. The number of aryl methyl sites for hydroxylation is 1. The number of aromatic amines is 1. The average molecular weight is 282 g/mol. The van der Waals surface area contributed by atoms with Crippen LogP contribution in [0.5, 0.6) is 0 Å². The number of fused-ring (bicyclic) bond motifs is 1. The van der Waals surface area contributed by atoms with Gasteiger partial charge in [-0.1, -0.05) is 18.2 Å². The minimum Gasteiger partial charge on any atom is -0.352 e. The third-order valence-electron chi connectivity index (χ3n) is 3.22. The Morgan fingerprint density at radius 3 is 2.95 bits per heavy atom. The maximum atomic E-state index is 10.7. The molecule has 1 aromatic heterocycles. The Morgan fingerprint density at radius 1 is 1.29 bits per heavy atom. The van der Waals surface area contributed by atoms with E-state index in [0.29, 0.717) is 12.5 Å². The molecule has 6 heteroatoms. The van der Waals surface area contributed by atoms with Crippen LogP contribution in [-0.2, 0) is 6.54 Å². The highest BCUT2D eigenvalue weighted by atomic mass is 16.6. The minimum absolute atomic E-state index is 0.0922. The van der Waals surface area contributed by atoms with Crippen molar-refractivity contribution in [3.05, 3.63) is 63.7 Å². The van der Waals surface area contributed by atoms with E-state index in [2.05, 4.69) is 15.3 Å². The summed E-state index contributed by atoms with van der Waals surface area (Å²) in [7, 11) is 0. The second-order valence-electron chi connectivity index (χ2n) is 4.89. The molecular formula is C15H14N4O2. The predicted molar refractivity (Wildman–Crippen MR) is 81.3 cm³/mol. The second-order valence-corrected chi connectivity index (χ2v) is 4.89. The van der Waals surface area contributed by atoms with Crippen LogP contribution in [0.15, 0.2) is 42.5 Å². The second kappa shape index (κ2) is 5.24. The molecule has 3 aromatic rings. The number of hydrogen-bond donors (Lipinski definition) is 2. The molecule has 2 aromatic carbocycles. The van der Waals surface area contributed by atoms with Crippen LogP contribution >= 0.6 is 0 Å². The summed E-state index contributed by atoms with van der Waals surface area (Å²) in [6.07, 6.45) is 0. The lowest BCUT2D eigenvalue weighted by Gasteiger charge is -2.02. The molecule has 2 N–H and O–H groups in total. The number of non-ortho nitro benzene ring substituents is 1. The lowest BCUT2D eigenvalue weighted by atomic mass is 10.2. The van der Waals surface area contributed by atoms with Gasteiger partial charge in [-0.15, -0.1) is 0 Å². The summed E-state index contributed by atoms with van der Waals surface area (Å²) in [6.45, 7) is 2.50. The van der Waals surface area contributed by atoms with Gasteiger partial charge in [-0.3, -0.25) is 10.1 Å². The van der Waals surface area contributed by atoms with Gasteiger partial charge in [0.05, 0.1) is 16.0 Å². The Labute approximate surface area is 121 Å². The van der Waals surface area contributed by atoms with E-state index < -0.39 is 4.92 Å². The third kappa shape index (κ3) is 2.84. The van der Waals surface area contributed by atoms with Gasteiger partial charge in [0.1, 0.15) is 0 Å². The lowest BCUT2D eigenvalue weighted by Crippen LogP contribution is -2.01. The zero-order chi connectivity index (χ0) is 14.8. The van der Waals surface area contributed by atoms with Crippen molar-refractivity contribution in [3.8, 4) is 0 Å². The number of rotatable bonds is 4. The topological polar surface area (TPSA) is 83.8 Å². The Bertz CT molecular complexity index is 810. The summed E-state index contributed by atoms with van der Waals surface area (Å²) >= 11 is 0. The molecule has 0 aliphatic rings. The van der Waals surface area contributed by atoms with Crippen LogP contribution in [0.3, 0.4) is 0 Å². The van der Waals surface area contributed by atoms with Crippen molar-refractivity contribution in [2.75, 3.05) is 5.32 Å². The fraction of sp³-hybridized carbons (Fsp3) is 0.133. The van der Waals surface area contributed by atoms with E-state index in [-0.39, 0.29) is 5.69 Å². The molecule has 0 fully saturated rings. The molecule has 0 aliphatic carbocycles. The van der Waals surface area contributed by atoms with Gasteiger partial charge in [-0.2, -0.15) is 0 Å². The van der Waals surface area contributed by atoms with E-state index in [9.17, 15) is 10.1 Å². The summed E-state index contributed by atoms with van der Waals surface area (Å²) in [5.41, 5.74) is 3.95. The molecule has 106 valence electrons. The number of nitrogens with one attached hydrogen (secondary N) is 2. The number of hydrogen-bond acceptors (Lipinski definition) is 4. The Morgan fingerprint density at radius 2 is 2.14 bits per heavy atom.